The number of anilines is 1. The van der Waals surface area contributed by atoms with Gasteiger partial charge in [-0.05, 0) is 37.1 Å². The minimum Gasteiger partial charge on any atom is -0.461 e. The molecule has 2 atom stereocenters. The number of ether oxygens (including phenoxy) is 3. The molecule has 1 aromatic carbocycles. The summed E-state index contributed by atoms with van der Waals surface area (Å²) in [4.78, 5) is 88.0. The van der Waals surface area contributed by atoms with Crippen LogP contribution in [0.15, 0.2) is 36.4 Å². The molecule has 5 amide bonds. The Balaban J connectivity index is 1.63. The summed E-state index contributed by atoms with van der Waals surface area (Å²) in [5.74, 6) is -3.88. The minimum absolute atomic E-state index is 0.0104. The number of esters is 1. The van der Waals surface area contributed by atoms with E-state index in [9.17, 15) is 33.6 Å². The second kappa shape index (κ2) is 18.1. The van der Waals surface area contributed by atoms with E-state index in [2.05, 4.69) is 22.5 Å². The van der Waals surface area contributed by atoms with Gasteiger partial charge in [-0.15, -0.1) is 5.06 Å². The number of hydrogen-bond acceptors (Lipinski definition) is 11. The smallest absolute Gasteiger partial charge is 0.335 e. The van der Waals surface area contributed by atoms with E-state index < -0.39 is 53.6 Å². The molecule has 44 heavy (non-hydrogen) atoms. The summed E-state index contributed by atoms with van der Waals surface area (Å²) in [7, 11) is 0. The monoisotopic (exact) mass is 618 g/mol. The molecule has 0 radical (unpaired) electrons. The van der Waals surface area contributed by atoms with Crippen molar-refractivity contribution in [3.05, 3.63) is 42.0 Å². The summed E-state index contributed by atoms with van der Waals surface area (Å²) in [5, 5.41) is 8.26. The topological polar surface area (TPSA) is 196 Å². The molecule has 0 aromatic heterocycles. The quantitative estimate of drug-likeness (QED) is 0.0905. The van der Waals surface area contributed by atoms with Gasteiger partial charge in [0, 0.05) is 31.9 Å². The van der Waals surface area contributed by atoms with E-state index in [4.69, 9.17) is 19.0 Å². The molecule has 0 bridgehead atoms. The minimum atomic E-state index is -1.08. The van der Waals surface area contributed by atoms with E-state index in [0.717, 1.165) is 5.56 Å². The lowest BCUT2D eigenvalue weighted by Crippen LogP contribution is -2.52. The van der Waals surface area contributed by atoms with Crippen LogP contribution in [0, 0.1) is 0 Å². The highest BCUT2D eigenvalue weighted by molar-refractivity contribution is 6.01. The van der Waals surface area contributed by atoms with Gasteiger partial charge in [0.25, 0.3) is 11.8 Å². The number of amides is 5. The summed E-state index contributed by atoms with van der Waals surface area (Å²) in [6.07, 6.45) is -0.214. The van der Waals surface area contributed by atoms with Crippen LogP contribution in [0.1, 0.15) is 52.0 Å². The van der Waals surface area contributed by atoms with E-state index in [-0.39, 0.29) is 58.7 Å². The molecule has 0 saturated carbocycles. The van der Waals surface area contributed by atoms with Crippen molar-refractivity contribution in [2.45, 2.75) is 65.1 Å². The van der Waals surface area contributed by atoms with Gasteiger partial charge in [-0.25, -0.2) is 4.79 Å². The Bertz CT molecular complexity index is 1220. The Morgan fingerprint density at radius 1 is 0.864 bits per heavy atom. The molecule has 0 spiro atoms. The summed E-state index contributed by atoms with van der Waals surface area (Å²) in [6, 6.07) is 4.64. The summed E-state index contributed by atoms with van der Waals surface area (Å²) >= 11 is 0. The first-order valence-corrected chi connectivity index (χ1v) is 13.9. The van der Waals surface area contributed by atoms with Gasteiger partial charge >= 0.3 is 11.9 Å². The van der Waals surface area contributed by atoms with E-state index in [0.29, 0.717) is 16.3 Å². The lowest BCUT2D eigenvalue weighted by molar-refractivity contribution is -0.198. The van der Waals surface area contributed by atoms with Crippen LogP contribution in [0.25, 0.3) is 0 Å². The number of nitrogens with one attached hydrogen (secondary N) is 3. The summed E-state index contributed by atoms with van der Waals surface area (Å²) < 4.78 is 15.5. The average molecular weight is 619 g/mol. The molecule has 1 heterocycles. The highest BCUT2D eigenvalue weighted by Gasteiger charge is 2.32. The Morgan fingerprint density at radius 3 is 2.02 bits per heavy atom. The second-order valence-corrected chi connectivity index (χ2v) is 9.81. The zero-order valence-electron chi connectivity index (χ0n) is 25.0. The molecule has 0 aliphatic carbocycles. The largest absolute Gasteiger partial charge is 0.461 e. The highest BCUT2D eigenvalue weighted by Crippen LogP contribution is 2.13. The van der Waals surface area contributed by atoms with Gasteiger partial charge < -0.3 is 35.0 Å². The SMILES string of the molecule is C=C(C)[C@H](NC(=O)CCOCCOCCC(=O)ON1C(=O)CCC1=O)C(=O)N[C@@H](C)C(=O)Nc1ccc(COC(C)=O)cc1. The third kappa shape index (κ3) is 12.7. The number of benzene rings is 1. The third-order valence-electron chi connectivity index (χ3n) is 5.97. The Kier molecular flexibility index (Phi) is 14.7. The maximum Gasteiger partial charge on any atom is 0.335 e. The summed E-state index contributed by atoms with van der Waals surface area (Å²) in [6.45, 7) is 8.47. The lowest BCUT2D eigenvalue weighted by Gasteiger charge is -2.21. The highest BCUT2D eigenvalue weighted by atomic mass is 16.7. The molecular weight excluding hydrogens is 580 g/mol. The lowest BCUT2D eigenvalue weighted by atomic mass is 10.1. The number of nitrogens with zero attached hydrogens (tertiary/aromatic N) is 1. The summed E-state index contributed by atoms with van der Waals surface area (Å²) in [5.41, 5.74) is 1.58. The molecule has 1 aromatic rings. The predicted octanol–water partition coefficient (Wildman–Crippen LogP) is 0.674. The molecule has 1 aliphatic heterocycles. The fourth-order valence-electron chi connectivity index (χ4n) is 3.58. The van der Waals surface area contributed by atoms with Crippen molar-refractivity contribution in [1.29, 1.82) is 0 Å². The van der Waals surface area contributed by atoms with Crippen LogP contribution in [-0.2, 0) is 59.2 Å². The zero-order valence-corrected chi connectivity index (χ0v) is 25.0. The zero-order chi connectivity index (χ0) is 32.6. The van der Waals surface area contributed by atoms with Crippen LogP contribution < -0.4 is 16.0 Å². The molecule has 1 aliphatic rings. The van der Waals surface area contributed by atoms with Crippen molar-refractivity contribution in [1.82, 2.24) is 15.7 Å². The van der Waals surface area contributed by atoms with Gasteiger partial charge in [0.15, 0.2) is 0 Å². The maximum absolute atomic E-state index is 12.8. The Hall–Kier alpha value is -4.63. The van der Waals surface area contributed by atoms with Crippen molar-refractivity contribution < 1.29 is 52.6 Å². The van der Waals surface area contributed by atoms with Crippen LogP contribution in [0.3, 0.4) is 0 Å². The third-order valence-corrected chi connectivity index (χ3v) is 5.97. The van der Waals surface area contributed by atoms with Gasteiger partial charge in [-0.3, -0.25) is 28.8 Å². The molecule has 1 saturated heterocycles. The van der Waals surface area contributed by atoms with Crippen molar-refractivity contribution >= 4 is 47.2 Å². The molecule has 15 heteroatoms. The molecule has 2 rings (SSSR count). The fourth-order valence-corrected chi connectivity index (χ4v) is 3.58. The molecule has 1 fully saturated rings. The van der Waals surface area contributed by atoms with E-state index in [1.165, 1.54) is 13.8 Å². The second-order valence-electron chi connectivity index (χ2n) is 9.81. The van der Waals surface area contributed by atoms with Crippen molar-refractivity contribution in [3.8, 4) is 0 Å². The number of carbonyl (C=O) groups excluding carboxylic acids is 7. The first-order chi connectivity index (χ1) is 20.9. The molecule has 15 nitrogen and oxygen atoms in total. The first-order valence-electron chi connectivity index (χ1n) is 13.9. The van der Waals surface area contributed by atoms with Crippen LogP contribution in [-0.4, -0.2) is 85.0 Å². The Morgan fingerprint density at radius 2 is 1.45 bits per heavy atom. The normalized spacial score (nSPS) is 13.9. The van der Waals surface area contributed by atoms with Crippen molar-refractivity contribution in [2.24, 2.45) is 0 Å². The van der Waals surface area contributed by atoms with E-state index >= 15 is 0 Å². The van der Waals surface area contributed by atoms with E-state index in [1.807, 2.05) is 0 Å². The van der Waals surface area contributed by atoms with Crippen LogP contribution in [0.5, 0.6) is 0 Å². The number of hydrogen-bond donors (Lipinski definition) is 3. The molecule has 240 valence electrons. The number of carbonyl (C=O) groups is 7. The van der Waals surface area contributed by atoms with Gasteiger partial charge in [0.05, 0.1) is 32.8 Å². The van der Waals surface area contributed by atoms with Crippen molar-refractivity contribution in [2.75, 3.05) is 31.7 Å². The number of hydroxylamine groups is 2. The molecular formula is C29H38N4O11. The van der Waals surface area contributed by atoms with Gasteiger partial charge in [-0.1, -0.05) is 18.7 Å². The van der Waals surface area contributed by atoms with Crippen LogP contribution in [0.4, 0.5) is 5.69 Å². The number of rotatable bonds is 18. The van der Waals surface area contributed by atoms with Crippen molar-refractivity contribution in [3.63, 3.8) is 0 Å². The average Bonchev–Trinajstić information content (AvgIpc) is 3.28. The van der Waals surface area contributed by atoms with E-state index in [1.54, 1.807) is 31.2 Å². The van der Waals surface area contributed by atoms with Crippen LogP contribution in [0.2, 0.25) is 0 Å². The predicted molar refractivity (Wildman–Crippen MR) is 153 cm³/mol. The fraction of sp³-hybridized carbons (Fsp3) is 0.483. The van der Waals surface area contributed by atoms with Gasteiger partial charge in [-0.2, -0.15) is 0 Å². The van der Waals surface area contributed by atoms with Gasteiger partial charge in [0.1, 0.15) is 18.7 Å². The first kappa shape index (κ1) is 35.6. The number of imide groups is 1. The van der Waals surface area contributed by atoms with Crippen LogP contribution >= 0.6 is 0 Å². The standard InChI is InChI=1S/C29H38N4O11/c1-18(2)27(29(40)30-19(3)28(39)31-22-7-5-21(6-8-22)17-43-20(4)34)32-23(35)11-13-41-15-16-42-14-12-26(38)44-33-24(36)9-10-25(33)37/h5-8,19,27H,1,9-17H2,2-4H3,(H,30,40)(H,31,39)(H,32,35)/t19-,27-/m0/s1. The van der Waals surface area contributed by atoms with Gasteiger partial charge in [0.2, 0.25) is 17.7 Å². The maximum atomic E-state index is 12.8. The molecule has 3 N–H and O–H groups in total. The Labute approximate surface area is 254 Å². The molecule has 0 unspecified atom stereocenters.